The molecule has 6 nitrogen and oxygen atoms in total. The van der Waals surface area contributed by atoms with Crippen LogP contribution in [0.5, 0.6) is 11.5 Å². The van der Waals surface area contributed by atoms with Crippen LogP contribution in [0.25, 0.3) is 0 Å². The van der Waals surface area contributed by atoms with E-state index in [1.807, 2.05) is 47.4 Å². The minimum atomic E-state index is -0.215. The van der Waals surface area contributed by atoms with Crippen molar-refractivity contribution in [2.45, 2.75) is 18.9 Å². The van der Waals surface area contributed by atoms with E-state index in [9.17, 15) is 9.59 Å². The Morgan fingerprint density at radius 3 is 2.46 bits per heavy atom. The lowest BCUT2D eigenvalue weighted by Crippen LogP contribution is -2.45. The van der Waals surface area contributed by atoms with Crippen LogP contribution < -0.4 is 15.4 Å². The Labute approximate surface area is 153 Å². The number of para-hydroxylation sites is 1. The number of rotatable bonds is 6. The molecule has 1 aliphatic rings. The first-order chi connectivity index (χ1) is 12.7. The number of likely N-dealkylation sites (N-methyl/N-ethyl adjacent to an activating group) is 1. The molecule has 1 atom stereocenters. The average Bonchev–Trinajstić information content (AvgIpc) is 3.11. The molecule has 1 fully saturated rings. The molecule has 0 bridgehead atoms. The standard InChI is InChI=1S/C20H23N3O3/c1-21-20(25)18-8-5-13-23(18)14-19(24)22-15-9-11-17(12-10-15)26-16-6-3-2-4-7-16/h2-4,6-7,9-12,18H,5,8,13-14H2,1H3,(H,21,25)(H,22,24)/t18-/m1/s1. The zero-order valence-electron chi connectivity index (χ0n) is 14.8. The van der Waals surface area contributed by atoms with Gasteiger partial charge in [-0.25, -0.2) is 0 Å². The number of likely N-dealkylation sites (tertiary alicyclic amines) is 1. The summed E-state index contributed by atoms with van der Waals surface area (Å²) in [6.45, 7) is 0.968. The van der Waals surface area contributed by atoms with Crippen LogP contribution in [-0.4, -0.2) is 42.9 Å². The maximum Gasteiger partial charge on any atom is 0.238 e. The lowest BCUT2D eigenvalue weighted by Gasteiger charge is -2.22. The Hall–Kier alpha value is -2.86. The summed E-state index contributed by atoms with van der Waals surface area (Å²) >= 11 is 0. The first kappa shape index (κ1) is 17.9. The number of nitrogens with zero attached hydrogens (tertiary/aromatic N) is 1. The SMILES string of the molecule is CNC(=O)[C@H]1CCCN1CC(=O)Nc1ccc(Oc2ccccc2)cc1. The normalized spacial score (nSPS) is 16.9. The van der Waals surface area contributed by atoms with Gasteiger partial charge in [-0.15, -0.1) is 0 Å². The fourth-order valence-corrected chi connectivity index (χ4v) is 3.09. The fourth-order valence-electron chi connectivity index (χ4n) is 3.09. The number of amides is 2. The van der Waals surface area contributed by atoms with E-state index in [1.54, 1.807) is 19.2 Å². The van der Waals surface area contributed by atoms with Gasteiger partial charge < -0.3 is 15.4 Å². The molecule has 0 saturated carbocycles. The predicted octanol–water partition coefficient (Wildman–Crippen LogP) is 2.63. The molecule has 6 heteroatoms. The van der Waals surface area contributed by atoms with Gasteiger partial charge in [0.05, 0.1) is 12.6 Å². The van der Waals surface area contributed by atoms with Gasteiger partial charge >= 0.3 is 0 Å². The number of ether oxygens (including phenoxy) is 1. The Balaban J connectivity index is 1.53. The van der Waals surface area contributed by atoms with E-state index in [0.29, 0.717) is 11.4 Å². The molecule has 1 saturated heterocycles. The number of hydrogen-bond acceptors (Lipinski definition) is 4. The average molecular weight is 353 g/mol. The zero-order chi connectivity index (χ0) is 18.4. The Kier molecular flexibility index (Phi) is 5.86. The van der Waals surface area contributed by atoms with E-state index >= 15 is 0 Å². The summed E-state index contributed by atoms with van der Waals surface area (Å²) < 4.78 is 5.73. The lowest BCUT2D eigenvalue weighted by molar-refractivity contribution is -0.126. The highest BCUT2D eigenvalue weighted by atomic mass is 16.5. The van der Waals surface area contributed by atoms with Crippen molar-refractivity contribution in [2.24, 2.45) is 0 Å². The van der Waals surface area contributed by atoms with Crippen molar-refractivity contribution in [1.29, 1.82) is 0 Å². The van der Waals surface area contributed by atoms with Crippen LogP contribution in [0, 0.1) is 0 Å². The van der Waals surface area contributed by atoms with Gasteiger partial charge in [-0.2, -0.15) is 0 Å². The zero-order valence-corrected chi connectivity index (χ0v) is 14.8. The minimum absolute atomic E-state index is 0.0299. The third-order valence-electron chi connectivity index (χ3n) is 4.38. The van der Waals surface area contributed by atoms with Crippen molar-refractivity contribution >= 4 is 17.5 Å². The molecule has 2 aromatic rings. The molecule has 136 valence electrons. The Morgan fingerprint density at radius 2 is 1.77 bits per heavy atom. The molecule has 2 N–H and O–H groups in total. The Bertz CT molecular complexity index is 747. The second kappa shape index (κ2) is 8.49. The van der Waals surface area contributed by atoms with E-state index in [4.69, 9.17) is 4.74 Å². The maximum absolute atomic E-state index is 12.3. The van der Waals surface area contributed by atoms with Crippen LogP contribution in [-0.2, 0) is 9.59 Å². The fraction of sp³-hybridized carbons (Fsp3) is 0.300. The topological polar surface area (TPSA) is 70.7 Å². The van der Waals surface area contributed by atoms with Gasteiger partial charge in [0.15, 0.2) is 0 Å². The largest absolute Gasteiger partial charge is 0.457 e. The van der Waals surface area contributed by atoms with Crippen LogP contribution >= 0.6 is 0 Å². The molecular formula is C20H23N3O3. The van der Waals surface area contributed by atoms with Crippen molar-refractivity contribution in [3.63, 3.8) is 0 Å². The lowest BCUT2D eigenvalue weighted by atomic mass is 10.2. The monoisotopic (exact) mass is 353 g/mol. The van der Waals surface area contributed by atoms with Crippen LogP contribution in [0.2, 0.25) is 0 Å². The van der Waals surface area contributed by atoms with Gasteiger partial charge in [-0.1, -0.05) is 18.2 Å². The summed E-state index contributed by atoms with van der Waals surface area (Å²) in [4.78, 5) is 26.1. The first-order valence-corrected chi connectivity index (χ1v) is 8.74. The molecule has 2 amide bonds. The van der Waals surface area contributed by atoms with Gasteiger partial charge in [0, 0.05) is 12.7 Å². The van der Waals surface area contributed by atoms with E-state index in [2.05, 4.69) is 10.6 Å². The van der Waals surface area contributed by atoms with Crippen LogP contribution in [0.3, 0.4) is 0 Å². The number of carbonyl (C=O) groups excluding carboxylic acids is 2. The molecule has 0 aliphatic carbocycles. The number of hydrogen-bond donors (Lipinski definition) is 2. The van der Waals surface area contributed by atoms with E-state index in [0.717, 1.165) is 25.1 Å². The number of nitrogens with one attached hydrogen (secondary N) is 2. The van der Waals surface area contributed by atoms with E-state index in [1.165, 1.54) is 0 Å². The van der Waals surface area contributed by atoms with Gasteiger partial charge in [-0.05, 0) is 55.8 Å². The molecule has 0 unspecified atom stereocenters. The van der Waals surface area contributed by atoms with Crippen molar-refractivity contribution in [3.8, 4) is 11.5 Å². The molecule has 0 spiro atoms. The molecular weight excluding hydrogens is 330 g/mol. The second-order valence-electron chi connectivity index (χ2n) is 6.23. The Morgan fingerprint density at radius 1 is 1.08 bits per heavy atom. The highest BCUT2D eigenvalue weighted by Gasteiger charge is 2.31. The molecule has 2 aromatic carbocycles. The smallest absolute Gasteiger partial charge is 0.238 e. The highest BCUT2D eigenvalue weighted by Crippen LogP contribution is 2.23. The summed E-state index contributed by atoms with van der Waals surface area (Å²) in [6, 6.07) is 16.5. The summed E-state index contributed by atoms with van der Waals surface area (Å²) in [5.74, 6) is 1.31. The van der Waals surface area contributed by atoms with Gasteiger partial charge in [0.1, 0.15) is 11.5 Å². The van der Waals surface area contributed by atoms with Gasteiger partial charge in [0.2, 0.25) is 11.8 Å². The summed E-state index contributed by atoms with van der Waals surface area (Å²) in [7, 11) is 1.62. The quantitative estimate of drug-likeness (QED) is 0.838. The van der Waals surface area contributed by atoms with E-state index in [-0.39, 0.29) is 24.4 Å². The molecule has 3 rings (SSSR count). The predicted molar refractivity (Wildman–Crippen MR) is 100 cm³/mol. The highest BCUT2D eigenvalue weighted by molar-refractivity contribution is 5.93. The van der Waals surface area contributed by atoms with Gasteiger partial charge in [-0.3, -0.25) is 14.5 Å². The van der Waals surface area contributed by atoms with Crippen molar-refractivity contribution in [2.75, 3.05) is 25.5 Å². The van der Waals surface area contributed by atoms with Crippen molar-refractivity contribution in [3.05, 3.63) is 54.6 Å². The minimum Gasteiger partial charge on any atom is -0.457 e. The summed E-state index contributed by atoms with van der Waals surface area (Å²) in [5, 5.41) is 5.53. The summed E-state index contributed by atoms with van der Waals surface area (Å²) in [6.07, 6.45) is 1.72. The molecule has 26 heavy (non-hydrogen) atoms. The van der Waals surface area contributed by atoms with Gasteiger partial charge in [0.25, 0.3) is 0 Å². The molecule has 0 radical (unpaired) electrons. The second-order valence-corrected chi connectivity index (χ2v) is 6.23. The van der Waals surface area contributed by atoms with Crippen molar-refractivity contribution < 1.29 is 14.3 Å². The summed E-state index contributed by atoms with van der Waals surface area (Å²) in [5.41, 5.74) is 0.700. The van der Waals surface area contributed by atoms with Crippen LogP contribution in [0.4, 0.5) is 5.69 Å². The third-order valence-corrected chi connectivity index (χ3v) is 4.38. The number of carbonyl (C=O) groups is 2. The van der Waals surface area contributed by atoms with E-state index < -0.39 is 0 Å². The number of benzene rings is 2. The first-order valence-electron chi connectivity index (χ1n) is 8.74. The van der Waals surface area contributed by atoms with Crippen LogP contribution in [0.1, 0.15) is 12.8 Å². The molecule has 0 aromatic heterocycles. The third kappa shape index (κ3) is 4.61. The number of anilines is 1. The maximum atomic E-state index is 12.3. The molecule has 1 heterocycles. The van der Waals surface area contributed by atoms with Crippen LogP contribution in [0.15, 0.2) is 54.6 Å². The molecule has 1 aliphatic heterocycles. The van der Waals surface area contributed by atoms with Crippen molar-refractivity contribution in [1.82, 2.24) is 10.2 Å².